The summed E-state index contributed by atoms with van der Waals surface area (Å²) in [5, 5.41) is 8.27. The van der Waals surface area contributed by atoms with Crippen LogP contribution in [0.4, 0.5) is 5.82 Å². The van der Waals surface area contributed by atoms with E-state index in [9.17, 15) is 0 Å². The van der Waals surface area contributed by atoms with Gasteiger partial charge in [0.25, 0.3) is 0 Å². The van der Waals surface area contributed by atoms with E-state index in [0.29, 0.717) is 13.2 Å². The highest BCUT2D eigenvalue weighted by Gasteiger charge is 2.23. The van der Waals surface area contributed by atoms with Gasteiger partial charge in [0.1, 0.15) is 5.82 Å². The Morgan fingerprint density at radius 1 is 1.25 bits per heavy atom. The molecular weight excluding hydrogens is 302 g/mol. The molecule has 6 heteroatoms. The Morgan fingerprint density at radius 3 is 2.79 bits per heavy atom. The van der Waals surface area contributed by atoms with E-state index in [2.05, 4.69) is 26.7 Å². The number of pyridine rings is 2. The van der Waals surface area contributed by atoms with E-state index in [1.54, 1.807) is 12.4 Å². The largest absolute Gasteiger partial charge is 0.378 e. The molecule has 122 valence electrons. The maximum Gasteiger partial charge on any atom is 0.139 e. The molecule has 3 aromatic rings. The minimum absolute atomic E-state index is 0.706. The molecule has 0 atom stereocenters. The fourth-order valence-electron chi connectivity index (χ4n) is 3.20. The number of allylic oxidation sites excluding steroid dienone is 1. The predicted octanol–water partition coefficient (Wildman–Crippen LogP) is 2.89. The fraction of sp³-hybridized carbons (Fsp3) is 0.278. The first-order valence-electron chi connectivity index (χ1n) is 8.02. The number of fused-ring (bicyclic) bond motifs is 1. The zero-order chi connectivity index (χ0) is 16.5. The van der Waals surface area contributed by atoms with Crippen LogP contribution in [0.2, 0.25) is 0 Å². The average Bonchev–Trinajstić information content (AvgIpc) is 3.15. The van der Waals surface area contributed by atoms with Gasteiger partial charge >= 0.3 is 0 Å². The lowest BCUT2D eigenvalue weighted by Gasteiger charge is -2.30. The summed E-state index contributed by atoms with van der Waals surface area (Å²) in [5.41, 5.74) is 4.95. The number of H-pyrrole nitrogens is 1. The van der Waals surface area contributed by atoms with Crippen molar-refractivity contribution in [2.75, 3.05) is 31.2 Å². The summed E-state index contributed by atoms with van der Waals surface area (Å²) >= 11 is 0. The summed E-state index contributed by atoms with van der Waals surface area (Å²) in [6, 6.07) is 3.97. The number of nitrogens with zero attached hydrogens (tertiary/aromatic N) is 4. The van der Waals surface area contributed by atoms with Crippen molar-refractivity contribution in [3.63, 3.8) is 0 Å². The fourth-order valence-corrected chi connectivity index (χ4v) is 3.20. The molecule has 0 amide bonds. The standard InChI is InChI=1S/C18H19N5O/c1-12(2)16-13-3-5-19-11-15(13)21-18(23-7-9-24-10-8-23)17(16)14-4-6-20-22-14/h3-6,11H,1,7-10H2,2H3,(H,20,22). The number of aromatic amines is 1. The van der Waals surface area contributed by atoms with Crippen LogP contribution in [0.3, 0.4) is 0 Å². The Morgan fingerprint density at radius 2 is 2.08 bits per heavy atom. The lowest BCUT2D eigenvalue weighted by Crippen LogP contribution is -2.37. The summed E-state index contributed by atoms with van der Waals surface area (Å²) in [7, 11) is 0. The van der Waals surface area contributed by atoms with E-state index in [0.717, 1.165) is 52.2 Å². The lowest BCUT2D eigenvalue weighted by molar-refractivity contribution is 0.122. The third-order valence-corrected chi connectivity index (χ3v) is 4.28. The van der Waals surface area contributed by atoms with Crippen molar-refractivity contribution in [3.05, 3.63) is 42.9 Å². The number of morpholine rings is 1. The van der Waals surface area contributed by atoms with Crippen molar-refractivity contribution >= 4 is 22.3 Å². The zero-order valence-electron chi connectivity index (χ0n) is 13.6. The van der Waals surface area contributed by atoms with Crippen LogP contribution >= 0.6 is 0 Å². The molecule has 3 aromatic heterocycles. The van der Waals surface area contributed by atoms with Crippen LogP contribution in [0.15, 0.2) is 37.3 Å². The summed E-state index contributed by atoms with van der Waals surface area (Å²) in [4.78, 5) is 11.4. The van der Waals surface area contributed by atoms with Gasteiger partial charge in [-0.25, -0.2) is 4.98 Å². The maximum absolute atomic E-state index is 5.50. The highest BCUT2D eigenvalue weighted by molar-refractivity contribution is 6.01. The molecule has 0 spiro atoms. The predicted molar refractivity (Wildman–Crippen MR) is 94.9 cm³/mol. The van der Waals surface area contributed by atoms with Crippen molar-refractivity contribution < 1.29 is 4.74 Å². The Balaban J connectivity index is 2.05. The molecule has 24 heavy (non-hydrogen) atoms. The molecule has 0 aliphatic carbocycles. The van der Waals surface area contributed by atoms with Crippen LogP contribution < -0.4 is 4.90 Å². The second kappa shape index (κ2) is 6.05. The Kier molecular flexibility index (Phi) is 3.74. The van der Waals surface area contributed by atoms with E-state index in [4.69, 9.17) is 9.72 Å². The van der Waals surface area contributed by atoms with Gasteiger partial charge in [0.05, 0.1) is 36.2 Å². The smallest absolute Gasteiger partial charge is 0.139 e. The number of ether oxygens (including phenoxy) is 1. The van der Waals surface area contributed by atoms with E-state index < -0.39 is 0 Å². The van der Waals surface area contributed by atoms with E-state index in [1.165, 1.54) is 0 Å². The monoisotopic (exact) mass is 321 g/mol. The van der Waals surface area contributed by atoms with Crippen LogP contribution in [-0.2, 0) is 4.74 Å². The zero-order valence-corrected chi connectivity index (χ0v) is 13.6. The third-order valence-electron chi connectivity index (χ3n) is 4.28. The number of hydrogen-bond donors (Lipinski definition) is 1. The van der Waals surface area contributed by atoms with Gasteiger partial charge in [-0.05, 0) is 30.2 Å². The van der Waals surface area contributed by atoms with E-state index >= 15 is 0 Å². The van der Waals surface area contributed by atoms with Crippen LogP contribution in [0.1, 0.15) is 12.5 Å². The topological polar surface area (TPSA) is 66.9 Å². The molecular formula is C18H19N5O. The highest BCUT2D eigenvalue weighted by Crippen LogP contribution is 2.39. The van der Waals surface area contributed by atoms with Crippen LogP contribution in [0, 0.1) is 0 Å². The quantitative estimate of drug-likeness (QED) is 0.803. The minimum Gasteiger partial charge on any atom is -0.378 e. The molecule has 0 radical (unpaired) electrons. The SMILES string of the molecule is C=C(C)c1c(-c2ccn[nH]2)c(N2CCOCC2)nc2cnccc12. The maximum atomic E-state index is 5.50. The van der Waals surface area contributed by atoms with Gasteiger partial charge in [0.15, 0.2) is 0 Å². The first-order valence-corrected chi connectivity index (χ1v) is 8.02. The summed E-state index contributed by atoms with van der Waals surface area (Å²) in [6.07, 6.45) is 5.36. The first-order chi connectivity index (χ1) is 11.8. The van der Waals surface area contributed by atoms with Gasteiger partial charge in [-0.15, -0.1) is 0 Å². The average molecular weight is 321 g/mol. The van der Waals surface area contributed by atoms with Crippen LogP contribution in [-0.4, -0.2) is 46.5 Å². The third kappa shape index (κ3) is 2.45. The van der Waals surface area contributed by atoms with Crippen molar-refractivity contribution in [1.82, 2.24) is 20.2 Å². The molecule has 0 unspecified atom stereocenters. The molecule has 1 fully saturated rings. The van der Waals surface area contributed by atoms with Crippen LogP contribution in [0.5, 0.6) is 0 Å². The second-order valence-corrected chi connectivity index (χ2v) is 5.93. The van der Waals surface area contributed by atoms with Crippen LogP contribution in [0.25, 0.3) is 27.7 Å². The van der Waals surface area contributed by atoms with Gasteiger partial charge in [-0.3, -0.25) is 10.1 Å². The van der Waals surface area contributed by atoms with Gasteiger partial charge < -0.3 is 9.64 Å². The number of anilines is 1. The molecule has 0 saturated carbocycles. The van der Waals surface area contributed by atoms with E-state index in [-0.39, 0.29) is 0 Å². The van der Waals surface area contributed by atoms with Gasteiger partial charge in [0, 0.05) is 30.9 Å². The number of hydrogen-bond acceptors (Lipinski definition) is 5. The summed E-state index contributed by atoms with van der Waals surface area (Å²) in [6.45, 7) is 9.27. The van der Waals surface area contributed by atoms with Gasteiger partial charge in [-0.2, -0.15) is 5.10 Å². The molecule has 0 bridgehead atoms. The molecule has 1 N–H and O–H groups in total. The Bertz CT molecular complexity index is 882. The van der Waals surface area contributed by atoms with Gasteiger partial charge in [0.2, 0.25) is 0 Å². The highest BCUT2D eigenvalue weighted by atomic mass is 16.5. The van der Waals surface area contributed by atoms with E-state index in [1.807, 2.05) is 25.3 Å². The van der Waals surface area contributed by atoms with Crippen molar-refractivity contribution in [1.29, 1.82) is 0 Å². The molecule has 1 aliphatic rings. The molecule has 0 aromatic carbocycles. The van der Waals surface area contributed by atoms with Crippen molar-refractivity contribution in [2.24, 2.45) is 0 Å². The Hall–Kier alpha value is -2.73. The second-order valence-electron chi connectivity index (χ2n) is 5.93. The summed E-state index contributed by atoms with van der Waals surface area (Å²) in [5.74, 6) is 0.932. The Labute approximate surface area is 140 Å². The van der Waals surface area contributed by atoms with Crippen molar-refractivity contribution in [3.8, 4) is 11.3 Å². The lowest BCUT2D eigenvalue weighted by atomic mass is 9.95. The van der Waals surface area contributed by atoms with Gasteiger partial charge in [-0.1, -0.05) is 6.58 Å². The molecule has 4 heterocycles. The minimum atomic E-state index is 0.706. The normalized spacial score (nSPS) is 15.0. The molecule has 1 aliphatic heterocycles. The molecule has 4 rings (SSSR count). The van der Waals surface area contributed by atoms with Crippen molar-refractivity contribution in [2.45, 2.75) is 6.92 Å². The molecule has 6 nitrogen and oxygen atoms in total. The number of rotatable bonds is 3. The number of nitrogens with one attached hydrogen (secondary N) is 1. The number of aromatic nitrogens is 4. The molecule has 1 saturated heterocycles. The first kappa shape index (κ1) is 14.8. The summed E-state index contributed by atoms with van der Waals surface area (Å²) < 4.78 is 5.50.